The summed E-state index contributed by atoms with van der Waals surface area (Å²) in [6, 6.07) is 7.35. The second-order valence-electron chi connectivity index (χ2n) is 3.65. The van der Waals surface area contributed by atoms with Crippen LogP contribution in [0.1, 0.15) is 12.5 Å². The number of carbonyl (C=O) groups is 1. The maximum absolute atomic E-state index is 11.4. The Labute approximate surface area is 116 Å². The predicted octanol–water partition coefficient (Wildman–Crippen LogP) is 3.19. The van der Waals surface area contributed by atoms with Crippen molar-refractivity contribution in [2.45, 2.75) is 6.92 Å². The van der Waals surface area contributed by atoms with Crippen LogP contribution in [-0.2, 0) is 14.3 Å². The van der Waals surface area contributed by atoms with Crippen LogP contribution >= 0.6 is 11.6 Å². The summed E-state index contributed by atoms with van der Waals surface area (Å²) in [5, 5.41) is 0.619. The molecule has 0 saturated carbocycles. The van der Waals surface area contributed by atoms with Crippen LogP contribution < -0.4 is 0 Å². The van der Waals surface area contributed by atoms with Crippen LogP contribution in [0.15, 0.2) is 47.3 Å². The number of esters is 1. The molecule has 0 fully saturated rings. The van der Waals surface area contributed by atoms with Crippen LogP contribution in [0.4, 0.5) is 0 Å². The summed E-state index contributed by atoms with van der Waals surface area (Å²) in [5.41, 5.74) is 0.978. The average molecular weight is 278 g/mol. The number of nitrogens with zero attached hydrogens (tertiary/aromatic N) is 1. The van der Waals surface area contributed by atoms with Crippen LogP contribution in [0.2, 0.25) is 5.02 Å². The van der Waals surface area contributed by atoms with E-state index in [0.29, 0.717) is 11.6 Å². The summed E-state index contributed by atoms with van der Waals surface area (Å²) >= 11 is 6.01. The molecule has 0 aromatic heterocycles. The summed E-state index contributed by atoms with van der Waals surface area (Å²) < 4.78 is 9.97. The van der Waals surface area contributed by atoms with Gasteiger partial charge in [0.15, 0.2) is 5.70 Å². The summed E-state index contributed by atoms with van der Waals surface area (Å²) in [6.45, 7) is 2.29. The SMILES string of the molecule is CCO/C=C1N=C(/C=C\c2ccccc2Cl)OC\1=O. The van der Waals surface area contributed by atoms with E-state index >= 15 is 0 Å². The van der Waals surface area contributed by atoms with Crippen molar-refractivity contribution in [2.75, 3.05) is 6.61 Å². The fraction of sp³-hybridized carbons (Fsp3) is 0.143. The minimum Gasteiger partial charge on any atom is -0.499 e. The van der Waals surface area contributed by atoms with Crippen molar-refractivity contribution >= 4 is 29.5 Å². The quantitative estimate of drug-likeness (QED) is 0.482. The van der Waals surface area contributed by atoms with E-state index in [-0.39, 0.29) is 11.6 Å². The van der Waals surface area contributed by atoms with Crippen molar-refractivity contribution in [1.82, 2.24) is 0 Å². The molecule has 0 bridgehead atoms. The van der Waals surface area contributed by atoms with Gasteiger partial charge in [0.25, 0.3) is 0 Å². The highest BCUT2D eigenvalue weighted by Gasteiger charge is 2.21. The third-order valence-corrected chi connectivity index (χ3v) is 2.65. The smallest absolute Gasteiger partial charge is 0.367 e. The highest BCUT2D eigenvalue weighted by molar-refractivity contribution is 6.32. The zero-order valence-electron chi connectivity index (χ0n) is 10.3. The summed E-state index contributed by atoms with van der Waals surface area (Å²) in [5.74, 6) is -0.303. The molecule has 4 nitrogen and oxygen atoms in total. The van der Waals surface area contributed by atoms with E-state index in [1.807, 2.05) is 25.1 Å². The maximum atomic E-state index is 11.4. The van der Waals surface area contributed by atoms with Crippen LogP contribution in [-0.4, -0.2) is 18.5 Å². The zero-order valence-corrected chi connectivity index (χ0v) is 11.1. The van der Waals surface area contributed by atoms with Gasteiger partial charge in [-0.25, -0.2) is 9.79 Å². The van der Waals surface area contributed by atoms with E-state index in [9.17, 15) is 4.79 Å². The van der Waals surface area contributed by atoms with Gasteiger partial charge in [-0.1, -0.05) is 29.8 Å². The summed E-state index contributed by atoms with van der Waals surface area (Å²) in [6.07, 6.45) is 4.61. The summed E-state index contributed by atoms with van der Waals surface area (Å²) in [7, 11) is 0. The molecule has 1 aliphatic heterocycles. The number of benzene rings is 1. The number of hydrogen-bond donors (Lipinski definition) is 0. The van der Waals surface area contributed by atoms with Gasteiger partial charge in [-0.15, -0.1) is 0 Å². The third-order valence-electron chi connectivity index (χ3n) is 2.31. The predicted molar refractivity (Wildman–Crippen MR) is 73.7 cm³/mol. The lowest BCUT2D eigenvalue weighted by atomic mass is 10.2. The van der Waals surface area contributed by atoms with Gasteiger partial charge in [0.05, 0.1) is 6.61 Å². The Morgan fingerprint density at radius 2 is 2.16 bits per heavy atom. The lowest BCUT2D eigenvalue weighted by molar-refractivity contribution is -0.130. The Bertz CT molecular complexity index is 576. The lowest BCUT2D eigenvalue weighted by Gasteiger charge is -1.96. The van der Waals surface area contributed by atoms with Crippen molar-refractivity contribution in [3.05, 3.63) is 52.9 Å². The lowest BCUT2D eigenvalue weighted by Crippen LogP contribution is -2.01. The zero-order chi connectivity index (χ0) is 13.7. The topological polar surface area (TPSA) is 47.9 Å². The van der Waals surface area contributed by atoms with Crippen molar-refractivity contribution in [3.63, 3.8) is 0 Å². The molecular weight excluding hydrogens is 266 g/mol. The highest BCUT2D eigenvalue weighted by Crippen LogP contribution is 2.18. The van der Waals surface area contributed by atoms with E-state index in [1.54, 1.807) is 18.2 Å². The number of carbonyl (C=O) groups excluding carboxylic acids is 1. The van der Waals surface area contributed by atoms with Gasteiger partial charge in [-0.3, -0.25) is 0 Å². The fourth-order valence-corrected chi connectivity index (χ4v) is 1.61. The number of cyclic esters (lactones) is 1. The van der Waals surface area contributed by atoms with Crippen LogP contribution in [0, 0.1) is 0 Å². The Balaban J connectivity index is 2.12. The first kappa shape index (κ1) is 13.4. The fourth-order valence-electron chi connectivity index (χ4n) is 1.41. The normalized spacial score (nSPS) is 16.8. The Hall–Kier alpha value is -2.07. The molecule has 1 aliphatic rings. The maximum Gasteiger partial charge on any atom is 0.367 e. The van der Waals surface area contributed by atoms with Gasteiger partial charge in [0, 0.05) is 11.1 Å². The minimum absolute atomic E-state index is 0.153. The molecule has 19 heavy (non-hydrogen) atoms. The first-order valence-corrected chi connectivity index (χ1v) is 6.13. The van der Waals surface area contributed by atoms with Crippen molar-refractivity contribution < 1.29 is 14.3 Å². The van der Waals surface area contributed by atoms with Crippen molar-refractivity contribution in [2.24, 2.45) is 4.99 Å². The van der Waals surface area contributed by atoms with E-state index in [0.717, 1.165) is 5.56 Å². The molecule has 1 aromatic rings. The molecule has 1 heterocycles. The number of ether oxygens (including phenoxy) is 2. The van der Waals surface area contributed by atoms with Crippen LogP contribution in [0.3, 0.4) is 0 Å². The molecule has 5 heteroatoms. The van der Waals surface area contributed by atoms with Gasteiger partial charge >= 0.3 is 5.97 Å². The third kappa shape index (κ3) is 3.45. The molecule has 0 saturated heterocycles. The second kappa shape index (κ2) is 6.20. The molecule has 0 amide bonds. The Kier molecular flexibility index (Phi) is 4.36. The molecular formula is C14H12ClNO3. The molecule has 0 N–H and O–H groups in total. The van der Waals surface area contributed by atoms with Gasteiger partial charge < -0.3 is 9.47 Å². The summed E-state index contributed by atoms with van der Waals surface area (Å²) in [4.78, 5) is 15.4. The first-order chi connectivity index (χ1) is 9.20. The number of hydrogen-bond acceptors (Lipinski definition) is 4. The van der Waals surface area contributed by atoms with Gasteiger partial charge in [0.2, 0.25) is 5.90 Å². The Morgan fingerprint density at radius 1 is 1.37 bits per heavy atom. The van der Waals surface area contributed by atoms with E-state index in [4.69, 9.17) is 21.1 Å². The molecule has 2 rings (SSSR count). The number of rotatable bonds is 4. The van der Waals surface area contributed by atoms with Gasteiger partial charge in [-0.05, 0) is 24.6 Å². The molecule has 0 radical (unpaired) electrons. The number of aliphatic imine (C=N–C) groups is 1. The Morgan fingerprint density at radius 3 is 2.89 bits per heavy atom. The molecule has 0 atom stereocenters. The van der Waals surface area contributed by atoms with Crippen LogP contribution in [0.25, 0.3) is 6.08 Å². The van der Waals surface area contributed by atoms with Crippen molar-refractivity contribution in [1.29, 1.82) is 0 Å². The van der Waals surface area contributed by atoms with E-state index in [2.05, 4.69) is 4.99 Å². The minimum atomic E-state index is -0.521. The highest BCUT2D eigenvalue weighted by atomic mass is 35.5. The first-order valence-electron chi connectivity index (χ1n) is 5.76. The second-order valence-corrected chi connectivity index (χ2v) is 4.06. The largest absolute Gasteiger partial charge is 0.499 e. The van der Waals surface area contributed by atoms with E-state index < -0.39 is 5.97 Å². The number of halogens is 1. The van der Waals surface area contributed by atoms with Crippen LogP contribution in [0.5, 0.6) is 0 Å². The molecule has 98 valence electrons. The van der Waals surface area contributed by atoms with Crippen molar-refractivity contribution in [3.8, 4) is 0 Å². The van der Waals surface area contributed by atoms with E-state index in [1.165, 1.54) is 6.26 Å². The molecule has 0 unspecified atom stereocenters. The molecule has 0 aliphatic carbocycles. The molecule has 0 spiro atoms. The van der Waals surface area contributed by atoms with Gasteiger partial charge in [0.1, 0.15) is 6.26 Å². The standard InChI is InChI=1S/C14H12ClNO3/c1-2-18-9-12-14(17)19-13(16-12)8-7-10-5-3-4-6-11(10)15/h3-9H,2H2,1H3/b8-7-,12-9-. The average Bonchev–Trinajstić information content (AvgIpc) is 2.76. The molecule has 1 aromatic carbocycles. The monoisotopic (exact) mass is 277 g/mol. The van der Waals surface area contributed by atoms with Gasteiger partial charge in [-0.2, -0.15) is 0 Å².